The van der Waals surface area contributed by atoms with Crippen molar-refractivity contribution in [2.24, 2.45) is 0 Å². The smallest absolute Gasteiger partial charge is 0.0595 e. The van der Waals surface area contributed by atoms with Gasteiger partial charge in [-0.15, -0.1) is 0 Å². The highest BCUT2D eigenvalue weighted by molar-refractivity contribution is 6.42. The number of hydrogen-bond acceptors (Lipinski definition) is 1. The van der Waals surface area contributed by atoms with Gasteiger partial charge >= 0.3 is 0 Å². The number of benzene rings is 1. The zero-order valence-electron chi connectivity index (χ0n) is 7.43. The van der Waals surface area contributed by atoms with Gasteiger partial charge in [0.25, 0.3) is 0 Å². The van der Waals surface area contributed by atoms with E-state index in [4.69, 9.17) is 23.2 Å². The Hall–Kier alpha value is -0.240. The normalized spacial score (nSPS) is 22.8. The highest BCUT2D eigenvalue weighted by Gasteiger charge is 2.25. The van der Waals surface area contributed by atoms with E-state index < -0.39 is 0 Å². The van der Waals surface area contributed by atoms with E-state index >= 15 is 0 Å². The molecule has 1 unspecified atom stereocenters. The first-order chi connectivity index (χ1) is 6.18. The summed E-state index contributed by atoms with van der Waals surface area (Å²) in [6.45, 7) is 1.17. The monoisotopic (exact) mass is 215 g/mol. The van der Waals surface area contributed by atoms with Crippen LogP contribution in [0, 0.1) is 0 Å². The number of hydrogen-bond donors (Lipinski definition) is 0. The quantitative estimate of drug-likeness (QED) is 0.695. The van der Waals surface area contributed by atoms with Crippen LogP contribution >= 0.6 is 23.2 Å². The molecule has 0 N–H and O–H groups in total. The van der Waals surface area contributed by atoms with Crippen molar-refractivity contribution in [3.8, 4) is 0 Å². The maximum absolute atomic E-state index is 5.94. The molecule has 0 radical (unpaired) electrons. The molecule has 1 aliphatic heterocycles. The van der Waals surface area contributed by atoms with Crippen molar-refractivity contribution >= 4 is 23.2 Å². The average molecular weight is 216 g/mol. The summed E-state index contributed by atoms with van der Waals surface area (Å²) < 4.78 is 0. The molecule has 0 amide bonds. The molecule has 0 saturated carbocycles. The SMILES string of the molecule is CN1CCC1c1ccc(Cl)c(Cl)c1. The van der Waals surface area contributed by atoms with Gasteiger partial charge in [-0.3, -0.25) is 4.90 Å². The van der Waals surface area contributed by atoms with Crippen molar-refractivity contribution < 1.29 is 0 Å². The van der Waals surface area contributed by atoms with Crippen molar-refractivity contribution in [1.29, 1.82) is 0 Å². The summed E-state index contributed by atoms with van der Waals surface area (Å²) in [4.78, 5) is 2.31. The standard InChI is InChI=1S/C10H11Cl2N/c1-13-5-4-10(13)7-2-3-8(11)9(12)6-7/h2-3,6,10H,4-5H2,1H3. The fraction of sp³-hybridized carbons (Fsp3) is 0.400. The average Bonchev–Trinajstić information content (AvgIpc) is 2.09. The molecular formula is C10H11Cl2N. The second-order valence-electron chi connectivity index (χ2n) is 3.46. The summed E-state index contributed by atoms with van der Waals surface area (Å²) in [5.74, 6) is 0. The van der Waals surface area contributed by atoms with Crippen LogP contribution in [0.1, 0.15) is 18.0 Å². The second kappa shape index (κ2) is 3.49. The van der Waals surface area contributed by atoms with Crippen molar-refractivity contribution in [2.45, 2.75) is 12.5 Å². The van der Waals surface area contributed by atoms with E-state index in [0.29, 0.717) is 16.1 Å². The van der Waals surface area contributed by atoms with Crippen LogP contribution in [0.4, 0.5) is 0 Å². The molecule has 1 saturated heterocycles. The Morgan fingerprint density at radius 3 is 2.54 bits per heavy atom. The largest absolute Gasteiger partial charge is 0.299 e. The predicted molar refractivity (Wildman–Crippen MR) is 56.5 cm³/mol. The molecule has 0 spiro atoms. The number of halogens is 2. The van der Waals surface area contributed by atoms with E-state index in [9.17, 15) is 0 Å². The van der Waals surface area contributed by atoms with E-state index in [1.807, 2.05) is 12.1 Å². The van der Waals surface area contributed by atoms with E-state index in [-0.39, 0.29) is 0 Å². The molecule has 2 rings (SSSR count). The highest BCUT2D eigenvalue weighted by atomic mass is 35.5. The molecule has 1 nitrogen and oxygen atoms in total. The third-order valence-electron chi connectivity index (χ3n) is 2.62. The first kappa shape index (κ1) is 9.32. The molecular weight excluding hydrogens is 205 g/mol. The van der Waals surface area contributed by atoms with E-state index in [0.717, 1.165) is 0 Å². The minimum absolute atomic E-state index is 0.537. The van der Waals surface area contributed by atoms with Crippen LogP contribution in [0.2, 0.25) is 10.0 Å². The molecule has 0 aromatic heterocycles. The molecule has 1 aromatic rings. The molecule has 0 aliphatic carbocycles. The molecule has 1 fully saturated rings. The van der Waals surface area contributed by atoms with Crippen LogP contribution in [0.25, 0.3) is 0 Å². The molecule has 3 heteroatoms. The Bertz CT molecular complexity index is 325. The van der Waals surface area contributed by atoms with E-state index in [1.165, 1.54) is 18.5 Å². The minimum Gasteiger partial charge on any atom is -0.299 e. The second-order valence-corrected chi connectivity index (χ2v) is 4.27. The van der Waals surface area contributed by atoms with Gasteiger partial charge in [0, 0.05) is 12.6 Å². The predicted octanol–water partition coefficient (Wildman–Crippen LogP) is 3.37. The lowest BCUT2D eigenvalue weighted by Crippen LogP contribution is -2.37. The topological polar surface area (TPSA) is 3.24 Å². The zero-order valence-corrected chi connectivity index (χ0v) is 8.94. The van der Waals surface area contributed by atoms with Gasteiger partial charge in [-0.05, 0) is 31.2 Å². The fourth-order valence-corrected chi connectivity index (χ4v) is 1.96. The molecule has 1 aliphatic rings. The molecule has 1 aromatic carbocycles. The van der Waals surface area contributed by atoms with Gasteiger partial charge in [-0.25, -0.2) is 0 Å². The van der Waals surface area contributed by atoms with Gasteiger partial charge in [0.05, 0.1) is 10.0 Å². The summed E-state index contributed by atoms with van der Waals surface area (Å²) in [5.41, 5.74) is 1.27. The summed E-state index contributed by atoms with van der Waals surface area (Å²) in [7, 11) is 2.12. The van der Waals surface area contributed by atoms with Crippen LogP contribution < -0.4 is 0 Å². The summed E-state index contributed by atoms with van der Waals surface area (Å²) in [5, 5.41) is 1.28. The Balaban J connectivity index is 2.26. The summed E-state index contributed by atoms with van der Waals surface area (Å²) in [6.07, 6.45) is 1.22. The first-order valence-corrected chi connectivity index (χ1v) is 5.09. The summed E-state index contributed by atoms with van der Waals surface area (Å²) in [6, 6.07) is 6.42. The van der Waals surface area contributed by atoms with E-state index in [1.54, 1.807) is 0 Å². The number of nitrogens with zero attached hydrogens (tertiary/aromatic N) is 1. The first-order valence-electron chi connectivity index (χ1n) is 4.33. The fourth-order valence-electron chi connectivity index (χ4n) is 1.66. The van der Waals surface area contributed by atoms with Crippen LogP contribution in [0.5, 0.6) is 0 Å². The van der Waals surface area contributed by atoms with Crippen LogP contribution in [-0.4, -0.2) is 18.5 Å². The zero-order chi connectivity index (χ0) is 9.42. The van der Waals surface area contributed by atoms with E-state index in [2.05, 4.69) is 18.0 Å². The molecule has 70 valence electrons. The maximum atomic E-state index is 5.94. The molecule has 1 atom stereocenters. The van der Waals surface area contributed by atoms with Crippen molar-refractivity contribution in [3.05, 3.63) is 33.8 Å². The van der Waals surface area contributed by atoms with Gasteiger partial charge in [-0.1, -0.05) is 29.3 Å². The summed E-state index contributed by atoms with van der Waals surface area (Å²) >= 11 is 11.8. The maximum Gasteiger partial charge on any atom is 0.0595 e. The van der Waals surface area contributed by atoms with Crippen molar-refractivity contribution in [2.75, 3.05) is 13.6 Å². The highest BCUT2D eigenvalue weighted by Crippen LogP contribution is 2.34. The lowest BCUT2D eigenvalue weighted by molar-refractivity contribution is 0.128. The van der Waals surface area contributed by atoms with Gasteiger partial charge in [-0.2, -0.15) is 0 Å². The third-order valence-corrected chi connectivity index (χ3v) is 3.35. The van der Waals surface area contributed by atoms with Crippen LogP contribution in [0.3, 0.4) is 0 Å². The van der Waals surface area contributed by atoms with Gasteiger partial charge in [0.2, 0.25) is 0 Å². The lowest BCUT2D eigenvalue weighted by atomic mass is 9.96. The van der Waals surface area contributed by atoms with Crippen LogP contribution in [-0.2, 0) is 0 Å². The van der Waals surface area contributed by atoms with Gasteiger partial charge in [0.1, 0.15) is 0 Å². The van der Waals surface area contributed by atoms with Crippen molar-refractivity contribution in [1.82, 2.24) is 4.90 Å². The third kappa shape index (κ3) is 1.69. The number of rotatable bonds is 1. The molecule has 1 heterocycles. The van der Waals surface area contributed by atoms with Gasteiger partial charge < -0.3 is 0 Å². The Morgan fingerprint density at radius 1 is 1.31 bits per heavy atom. The Kier molecular flexibility index (Phi) is 2.50. The van der Waals surface area contributed by atoms with Crippen LogP contribution in [0.15, 0.2) is 18.2 Å². The van der Waals surface area contributed by atoms with Crippen molar-refractivity contribution in [3.63, 3.8) is 0 Å². The number of likely N-dealkylation sites (tertiary alicyclic amines) is 1. The molecule has 0 bridgehead atoms. The Morgan fingerprint density at radius 2 is 2.08 bits per heavy atom. The minimum atomic E-state index is 0.537. The van der Waals surface area contributed by atoms with Gasteiger partial charge in [0.15, 0.2) is 0 Å². The molecule has 13 heavy (non-hydrogen) atoms. The Labute approximate surface area is 88.3 Å². The lowest BCUT2D eigenvalue weighted by Gasteiger charge is -2.38.